The Morgan fingerprint density at radius 1 is 1.60 bits per heavy atom. The highest BCUT2D eigenvalue weighted by Gasteiger charge is 2.53. The predicted molar refractivity (Wildman–Crippen MR) is 74.5 cm³/mol. The Morgan fingerprint density at radius 3 is 2.80 bits per heavy atom. The molecule has 0 aromatic carbocycles. The fourth-order valence-corrected chi connectivity index (χ4v) is 2.64. The number of aliphatic imine (C=N–C) groups is 1. The van der Waals surface area contributed by atoms with Crippen molar-refractivity contribution < 1.29 is 19.0 Å². The second-order valence-corrected chi connectivity index (χ2v) is 5.02. The third kappa shape index (κ3) is 2.13. The summed E-state index contributed by atoms with van der Waals surface area (Å²) >= 11 is 3.25. The number of urea groups is 1. The number of imide groups is 1. The van der Waals surface area contributed by atoms with Gasteiger partial charge in [-0.2, -0.15) is 0 Å². The number of amides is 4. The van der Waals surface area contributed by atoms with Gasteiger partial charge in [-0.1, -0.05) is 12.7 Å². The average Bonchev–Trinajstić information content (AvgIpc) is 2.70. The number of halogens is 1. The molecule has 1 saturated heterocycles. The third-order valence-corrected chi connectivity index (χ3v) is 3.63. The molecule has 0 bridgehead atoms. The lowest BCUT2D eigenvalue weighted by atomic mass is 10.1. The van der Waals surface area contributed by atoms with Crippen molar-refractivity contribution in [3.63, 3.8) is 0 Å². The molecule has 1 fully saturated rings. The van der Waals surface area contributed by atoms with Crippen LogP contribution >= 0.6 is 15.9 Å². The fourth-order valence-electron chi connectivity index (χ4n) is 2.11. The fraction of sp³-hybridized carbons (Fsp3) is 0.364. The minimum absolute atomic E-state index is 0.314. The van der Waals surface area contributed by atoms with Crippen molar-refractivity contribution in [1.29, 1.82) is 0 Å². The van der Waals surface area contributed by atoms with Crippen LogP contribution in [0.25, 0.3) is 0 Å². The number of hydrogen-bond donors (Lipinski definition) is 1. The molecule has 2 N–H and O–H groups in total. The van der Waals surface area contributed by atoms with Crippen molar-refractivity contribution in [3.8, 4) is 0 Å². The highest BCUT2D eigenvalue weighted by molar-refractivity contribution is 9.18. The first kappa shape index (κ1) is 14.4. The zero-order valence-corrected chi connectivity index (χ0v) is 12.3. The van der Waals surface area contributed by atoms with E-state index in [4.69, 9.17) is 5.73 Å². The molecule has 0 saturated carbocycles. The second-order valence-electron chi connectivity index (χ2n) is 4.31. The van der Waals surface area contributed by atoms with Crippen molar-refractivity contribution in [2.45, 2.75) is 6.04 Å². The Balaban J connectivity index is 2.41. The van der Waals surface area contributed by atoms with Crippen molar-refractivity contribution in [2.75, 3.05) is 20.1 Å². The van der Waals surface area contributed by atoms with E-state index < -0.39 is 30.4 Å². The van der Waals surface area contributed by atoms with Gasteiger partial charge in [-0.15, -0.1) is 0 Å². The normalized spacial score (nSPS) is 22.1. The van der Waals surface area contributed by atoms with Crippen molar-refractivity contribution >= 4 is 44.4 Å². The molecule has 2 aliphatic heterocycles. The summed E-state index contributed by atoms with van der Waals surface area (Å²) in [7, 11) is 1.49. The summed E-state index contributed by atoms with van der Waals surface area (Å²) in [6, 6.07) is -1.38. The number of amidine groups is 2. The van der Waals surface area contributed by atoms with E-state index in [-0.39, 0.29) is 0 Å². The Morgan fingerprint density at radius 2 is 2.25 bits per heavy atom. The van der Waals surface area contributed by atoms with Crippen LogP contribution in [0.1, 0.15) is 0 Å². The number of nitrogens with zero attached hydrogens (tertiary/aromatic N) is 4. The Kier molecular flexibility index (Phi) is 3.71. The number of carbonyl (C=O) groups excluding carboxylic acids is 3. The molecule has 1 unspecified atom stereocenters. The van der Waals surface area contributed by atoms with Crippen molar-refractivity contribution in [2.24, 2.45) is 10.7 Å². The standard InChI is InChI=1S/C11H12BrN5O3/c1-3-4-16-7-8(14-10(16)12)15(2)11(20)17(9(7)19)5-6(13)18/h3,7H,1,4-5H2,2H3,(H-,13,18)/p+1. The number of nitrogens with two attached hydrogens (primary N) is 1. The lowest BCUT2D eigenvalue weighted by Crippen LogP contribution is -2.63. The molecule has 1 atom stereocenters. The van der Waals surface area contributed by atoms with Crippen molar-refractivity contribution in [1.82, 2.24) is 9.80 Å². The summed E-state index contributed by atoms with van der Waals surface area (Å²) in [6.45, 7) is 3.53. The van der Waals surface area contributed by atoms with Gasteiger partial charge in [0.15, 0.2) is 0 Å². The smallest absolute Gasteiger partial charge is 0.365 e. The molecular formula is C11H13BrN5O3+. The quantitative estimate of drug-likeness (QED) is 0.407. The van der Waals surface area contributed by atoms with Crippen LogP contribution in [0.5, 0.6) is 0 Å². The van der Waals surface area contributed by atoms with E-state index in [1.165, 1.54) is 11.9 Å². The molecule has 0 radical (unpaired) electrons. The van der Waals surface area contributed by atoms with Gasteiger partial charge in [0.05, 0.1) is 15.9 Å². The van der Waals surface area contributed by atoms with Crippen LogP contribution in [0.3, 0.4) is 0 Å². The first-order valence-corrected chi connectivity index (χ1v) is 6.53. The number of carbonyl (C=O) groups is 3. The Labute approximate surface area is 123 Å². The zero-order valence-electron chi connectivity index (χ0n) is 10.7. The van der Waals surface area contributed by atoms with Gasteiger partial charge in [-0.05, 0) is 4.99 Å². The van der Waals surface area contributed by atoms with E-state index in [1.54, 1.807) is 10.7 Å². The molecular weight excluding hydrogens is 330 g/mol. The summed E-state index contributed by atoms with van der Waals surface area (Å²) in [4.78, 5) is 41.7. The molecule has 8 nitrogen and oxygen atoms in total. The van der Waals surface area contributed by atoms with E-state index in [0.717, 1.165) is 4.90 Å². The van der Waals surface area contributed by atoms with Crippen LogP contribution in [0, 0.1) is 0 Å². The minimum Gasteiger partial charge on any atom is -0.368 e. The number of hydrogen-bond acceptors (Lipinski definition) is 4. The molecule has 2 heterocycles. The molecule has 4 amide bonds. The third-order valence-electron chi connectivity index (χ3n) is 3.00. The number of fused-ring (bicyclic) bond motifs is 1. The van der Waals surface area contributed by atoms with Crippen LogP contribution in [-0.2, 0) is 9.59 Å². The maximum Gasteiger partial charge on any atom is 0.365 e. The summed E-state index contributed by atoms with van der Waals surface area (Å²) in [5.41, 5.74) is 5.07. The lowest BCUT2D eigenvalue weighted by Gasteiger charge is -2.32. The maximum absolute atomic E-state index is 12.4. The summed E-state index contributed by atoms with van der Waals surface area (Å²) < 4.78 is 2.08. The van der Waals surface area contributed by atoms with Gasteiger partial charge in [0.1, 0.15) is 13.1 Å². The van der Waals surface area contributed by atoms with Gasteiger partial charge in [-0.3, -0.25) is 19.4 Å². The van der Waals surface area contributed by atoms with Gasteiger partial charge >= 0.3 is 10.8 Å². The topological polar surface area (TPSA) is 99.1 Å². The average molecular weight is 343 g/mol. The predicted octanol–water partition coefficient (Wildman–Crippen LogP) is -0.904. The lowest BCUT2D eigenvalue weighted by molar-refractivity contribution is -0.522. The summed E-state index contributed by atoms with van der Waals surface area (Å²) in [6.07, 6.45) is 1.61. The number of rotatable bonds is 4. The summed E-state index contributed by atoms with van der Waals surface area (Å²) in [5, 5.41) is 0. The van der Waals surface area contributed by atoms with E-state index in [1.807, 2.05) is 0 Å². The number of primary amides is 1. The van der Waals surface area contributed by atoms with E-state index in [2.05, 4.69) is 27.5 Å². The highest BCUT2D eigenvalue weighted by Crippen LogP contribution is 2.21. The molecule has 106 valence electrons. The molecule has 0 aromatic rings. The van der Waals surface area contributed by atoms with Crippen LogP contribution < -0.4 is 5.73 Å². The minimum atomic E-state index is -0.760. The summed E-state index contributed by atoms with van der Waals surface area (Å²) in [5.74, 6) is -0.965. The van der Waals surface area contributed by atoms with Crippen LogP contribution in [0.15, 0.2) is 17.6 Å². The SMILES string of the molecule is C=CC[N+]1=C(Br)N=C2C1C(=O)N(CC(N)=O)C(=O)N2C. The van der Waals surface area contributed by atoms with Gasteiger partial charge in [-0.25, -0.2) is 9.37 Å². The van der Waals surface area contributed by atoms with Gasteiger partial charge in [0.2, 0.25) is 5.91 Å². The van der Waals surface area contributed by atoms with Crippen molar-refractivity contribution in [3.05, 3.63) is 12.7 Å². The van der Waals surface area contributed by atoms with E-state index in [0.29, 0.717) is 17.1 Å². The highest BCUT2D eigenvalue weighted by atomic mass is 79.9. The molecule has 0 spiro atoms. The van der Waals surface area contributed by atoms with E-state index in [9.17, 15) is 14.4 Å². The molecule has 0 aromatic heterocycles. The maximum atomic E-state index is 12.4. The van der Waals surface area contributed by atoms with Gasteiger partial charge in [0.25, 0.3) is 17.8 Å². The first-order valence-electron chi connectivity index (χ1n) is 5.74. The van der Waals surface area contributed by atoms with Gasteiger partial charge < -0.3 is 5.73 Å². The molecule has 2 rings (SSSR count). The van der Waals surface area contributed by atoms with Crippen LogP contribution in [0.2, 0.25) is 0 Å². The van der Waals surface area contributed by atoms with Crippen LogP contribution in [0.4, 0.5) is 4.79 Å². The van der Waals surface area contributed by atoms with Crippen LogP contribution in [-0.4, -0.2) is 69.0 Å². The monoisotopic (exact) mass is 342 g/mol. The first-order chi connectivity index (χ1) is 9.38. The van der Waals surface area contributed by atoms with E-state index >= 15 is 0 Å². The molecule has 9 heteroatoms. The zero-order chi connectivity index (χ0) is 15.0. The second kappa shape index (κ2) is 5.16. The Bertz CT molecular complexity index is 583. The molecule has 0 aliphatic carbocycles. The Hall–Kier alpha value is -2.03. The largest absolute Gasteiger partial charge is 0.368 e. The number of likely N-dealkylation sites (N-methyl/N-ethyl adjacent to an activating group) is 1. The van der Waals surface area contributed by atoms with Gasteiger partial charge in [0, 0.05) is 7.05 Å². The molecule has 2 aliphatic rings. The molecule has 20 heavy (non-hydrogen) atoms.